The second-order valence-electron chi connectivity index (χ2n) is 10.0. The van der Waals surface area contributed by atoms with Crippen LogP contribution in [0.25, 0.3) is 0 Å². The van der Waals surface area contributed by atoms with Gasteiger partial charge in [-0.2, -0.15) is 0 Å². The van der Waals surface area contributed by atoms with Gasteiger partial charge >= 0.3 is 5.97 Å². The lowest BCUT2D eigenvalue weighted by Gasteiger charge is -2.49. The van der Waals surface area contributed by atoms with Crippen LogP contribution in [0.15, 0.2) is 0 Å². The van der Waals surface area contributed by atoms with Crippen LogP contribution in [0.5, 0.6) is 0 Å². The maximum Gasteiger partial charge on any atom is 0.315 e. The summed E-state index contributed by atoms with van der Waals surface area (Å²) in [7, 11) is 0. The number of ether oxygens (including phenoxy) is 2. The molecule has 3 saturated heterocycles. The Labute approximate surface area is 156 Å². The second-order valence-corrected chi connectivity index (χ2v) is 10.0. The van der Waals surface area contributed by atoms with Crippen molar-refractivity contribution in [2.24, 2.45) is 23.2 Å². The Balaban J connectivity index is 1.39. The zero-order valence-corrected chi connectivity index (χ0v) is 16.2. The number of quaternary nitrogens is 1. The Hall–Kier alpha value is -0.650. The molecule has 2 aliphatic carbocycles. The van der Waals surface area contributed by atoms with E-state index in [-0.39, 0.29) is 53.7 Å². The monoisotopic (exact) mass is 364 g/mol. The van der Waals surface area contributed by atoms with E-state index in [9.17, 15) is 9.90 Å². The molecule has 5 nitrogen and oxygen atoms in total. The molecular weight excluding hydrogens is 330 g/mol. The van der Waals surface area contributed by atoms with Gasteiger partial charge in [-0.05, 0) is 38.0 Å². The highest BCUT2D eigenvalue weighted by Gasteiger charge is 2.78. The number of aliphatic hydroxyl groups excluding tert-OH is 1. The number of carbonyl (C=O) groups excluding carboxylic acids is 1. The first-order valence-corrected chi connectivity index (χ1v) is 10.8. The molecule has 0 bridgehead atoms. The van der Waals surface area contributed by atoms with Gasteiger partial charge in [-0.3, -0.25) is 4.79 Å². The topological polar surface area (TPSA) is 63.5 Å². The molecule has 5 aliphatic rings. The minimum Gasteiger partial charge on any atom is -0.462 e. The third-order valence-corrected chi connectivity index (χ3v) is 8.77. The van der Waals surface area contributed by atoms with Crippen LogP contribution in [0.3, 0.4) is 0 Å². The summed E-state index contributed by atoms with van der Waals surface area (Å²) in [6.07, 6.45) is 8.38. The lowest BCUT2D eigenvalue weighted by atomic mass is 9.53. The Kier molecular flexibility index (Phi) is 3.97. The van der Waals surface area contributed by atoms with Crippen molar-refractivity contribution < 1.29 is 24.3 Å². The van der Waals surface area contributed by atoms with Crippen LogP contribution in [0, 0.1) is 23.2 Å². The van der Waals surface area contributed by atoms with E-state index >= 15 is 0 Å². The molecule has 0 aromatic heterocycles. The van der Waals surface area contributed by atoms with Crippen molar-refractivity contribution >= 4 is 5.97 Å². The Morgan fingerprint density at radius 3 is 2.92 bits per heavy atom. The lowest BCUT2D eigenvalue weighted by molar-refractivity contribution is -0.933. The molecule has 9 atom stereocenters. The number of aliphatic hydroxyl groups is 1. The standard InChI is InChI=1S/C21H33NO4/c1-13-6-5-8-20(2)10-16-17(18-21(13,20)26-18)15(19(24)25-16)11-22-9-4-3-7-14(22)12-23/h13-18,23H,3-12H2,1-2H3/p+1/t13-,14-,15+,16+,17+,18-,20+,21-/m0/s1. The highest BCUT2D eigenvalue weighted by Crippen LogP contribution is 2.70. The molecule has 1 spiro atoms. The summed E-state index contributed by atoms with van der Waals surface area (Å²) in [6, 6.07) is 0.284. The summed E-state index contributed by atoms with van der Waals surface area (Å²) in [5, 5.41) is 9.75. The zero-order chi connectivity index (χ0) is 18.1. The molecule has 1 unspecified atom stereocenters. The van der Waals surface area contributed by atoms with Crippen molar-refractivity contribution in [2.75, 3.05) is 19.7 Å². The predicted octanol–water partition coefficient (Wildman–Crippen LogP) is 0.942. The van der Waals surface area contributed by atoms with E-state index in [0.717, 1.165) is 25.9 Å². The fraction of sp³-hybridized carbons (Fsp3) is 0.952. The molecule has 2 saturated carbocycles. The van der Waals surface area contributed by atoms with Gasteiger partial charge < -0.3 is 19.5 Å². The molecule has 5 heteroatoms. The largest absolute Gasteiger partial charge is 0.462 e. The van der Waals surface area contributed by atoms with Crippen LogP contribution in [0.2, 0.25) is 0 Å². The maximum atomic E-state index is 12.8. The fourth-order valence-corrected chi connectivity index (χ4v) is 7.39. The third-order valence-electron chi connectivity index (χ3n) is 8.77. The van der Waals surface area contributed by atoms with E-state index in [0.29, 0.717) is 5.92 Å². The van der Waals surface area contributed by atoms with Crippen molar-refractivity contribution in [2.45, 2.75) is 82.6 Å². The quantitative estimate of drug-likeness (QED) is 0.578. The SMILES string of the molecule is C[C@H]1CCC[C@]2(C)C[C@H]3OC(=O)[C@H](C[NH+]4CCCC[C@H]4CO)[C@H]3[C@@H]3O[C@@]132. The van der Waals surface area contributed by atoms with E-state index in [1.54, 1.807) is 0 Å². The second kappa shape index (κ2) is 5.92. The van der Waals surface area contributed by atoms with Gasteiger partial charge in [0.05, 0.1) is 25.8 Å². The van der Waals surface area contributed by atoms with Gasteiger partial charge in [0.1, 0.15) is 23.7 Å². The Bertz CT molecular complexity index is 597. The molecule has 0 radical (unpaired) electrons. The molecule has 3 heterocycles. The molecule has 2 N–H and O–H groups in total. The van der Waals surface area contributed by atoms with E-state index < -0.39 is 0 Å². The molecule has 0 amide bonds. The number of fused-ring (bicyclic) bond motifs is 2. The number of likely N-dealkylation sites (tertiary alicyclic amines) is 1. The first-order valence-electron chi connectivity index (χ1n) is 10.8. The minimum atomic E-state index is -0.0507. The van der Waals surface area contributed by atoms with Gasteiger partial charge in [0, 0.05) is 17.8 Å². The molecule has 26 heavy (non-hydrogen) atoms. The number of epoxide rings is 1. The zero-order valence-electron chi connectivity index (χ0n) is 16.2. The van der Waals surface area contributed by atoms with Crippen LogP contribution < -0.4 is 4.90 Å². The average Bonchev–Trinajstić information content (AvgIpc) is 3.30. The fourth-order valence-electron chi connectivity index (χ4n) is 7.39. The molecule has 146 valence electrons. The lowest BCUT2D eigenvalue weighted by Crippen LogP contribution is -3.18. The van der Waals surface area contributed by atoms with Gasteiger partial charge in [-0.15, -0.1) is 0 Å². The van der Waals surface area contributed by atoms with Crippen molar-refractivity contribution in [3.05, 3.63) is 0 Å². The maximum absolute atomic E-state index is 12.8. The number of esters is 1. The molecule has 5 rings (SSSR count). The number of hydrogen-bond acceptors (Lipinski definition) is 4. The van der Waals surface area contributed by atoms with Gasteiger partial charge in [-0.1, -0.05) is 20.3 Å². The van der Waals surface area contributed by atoms with Crippen LogP contribution in [0.1, 0.15) is 58.8 Å². The first-order chi connectivity index (χ1) is 12.5. The van der Waals surface area contributed by atoms with Crippen molar-refractivity contribution in [3.8, 4) is 0 Å². The average molecular weight is 365 g/mol. The number of rotatable bonds is 3. The molecule has 0 aromatic carbocycles. The first kappa shape index (κ1) is 17.4. The highest BCUT2D eigenvalue weighted by atomic mass is 16.6. The summed E-state index contributed by atoms with van der Waals surface area (Å²) in [5.41, 5.74) is 0.156. The van der Waals surface area contributed by atoms with Crippen LogP contribution >= 0.6 is 0 Å². The van der Waals surface area contributed by atoms with Crippen molar-refractivity contribution in [1.29, 1.82) is 0 Å². The summed E-state index contributed by atoms with van der Waals surface area (Å²) < 4.78 is 12.5. The summed E-state index contributed by atoms with van der Waals surface area (Å²) in [4.78, 5) is 14.2. The van der Waals surface area contributed by atoms with Gasteiger partial charge in [0.2, 0.25) is 0 Å². The van der Waals surface area contributed by atoms with Gasteiger partial charge in [-0.25, -0.2) is 0 Å². The predicted molar refractivity (Wildman–Crippen MR) is 95.6 cm³/mol. The van der Waals surface area contributed by atoms with Crippen molar-refractivity contribution in [3.63, 3.8) is 0 Å². The van der Waals surface area contributed by atoms with Gasteiger partial charge in [0.15, 0.2) is 0 Å². The minimum absolute atomic E-state index is 0.00434. The molecule has 5 fully saturated rings. The molecule has 3 aliphatic heterocycles. The third kappa shape index (κ3) is 2.23. The Morgan fingerprint density at radius 2 is 2.12 bits per heavy atom. The summed E-state index contributed by atoms with van der Waals surface area (Å²) >= 11 is 0. The van der Waals surface area contributed by atoms with Gasteiger partial charge in [0.25, 0.3) is 0 Å². The van der Waals surface area contributed by atoms with Crippen LogP contribution in [-0.4, -0.2) is 54.6 Å². The molecular formula is C21H34NO4+. The number of hydrogen-bond donors (Lipinski definition) is 2. The summed E-state index contributed by atoms with van der Waals surface area (Å²) in [5.74, 6) is 0.751. The van der Waals surface area contributed by atoms with Crippen molar-refractivity contribution in [1.82, 2.24) is 0 Å². The number of piperidine rings is 1. The highest BCUT2D eigenvalue weighted by molar-refractivity contribution is 5.76. The smallest absolute Gasteiger partial charge is 0.315 e. The van der Waals surface area contributed by atoms with E-state index in [4.69, 9.17) is 9.47 Å². The van der Waals surface area contributed by atoms with E-state index in [1.807, 2.05) is 0 Å². The summed E-state index contributed by atoms with van der Waals surface area (Å²) in [6.45, 7) is 6.83. The Morgan fingerprint density at radius 1 is 1.27 bits per heavy atom. The number of carbonyl (C=O) groups is 1. The number of nitrogens with one attached hydrogen (secondary N) is 1. The normalized spacial score (nSPS) is 55.5. The molecule has 0 aromatic rings. The van der Waals surface area contributed by atoms with Crippen LogP contribution in [0.4, 0.5) is 0 Å². The van der Waals surface area contributed by atoms with E-state index in [2.05, 4.69) is 13.8 Å². The van der Waals surface area contributed by atoms with Crippen LogP contribution in [-0.2, 0) is 14.3 Å². The van der Waals surface area contributed by atoms with E-state index in [1.165, 1.54) is 37.0 Å².